The van der Waals surface area contributed by atoms with Crippen molar-refractivity contribution in [2.45, 2.75) is 47.5 Å². The monoisotopic (exact) mass is 204 g/mol. The molecule has 2 heteroatoms. The van der Waals surface area contributed by atoms with Gasteiger partial charge in [0.1, 0.15) is 0 Å². The largest absolute Gasteiger partial charge is 0.394 e. The third-order valence-corrected chi connectivity index (χ3v) is 1.89. The Labute approximate surface area is 89.7 Å². The van der Waals surface area contributed by atoms with Crippen LogP contribution in [0.4, 0.5) is 0 Å². The average molecular weight is 204 g/mol. The third-order valence-electron chi connectivity index (χ3n) is 1.89. The SMILES string of the molecule is CC(C)CCOCCO.CCC(C)C. The van der Waals surface area contributed by atoms with Gasteiger partial charge >= 0.3 is 0 Å². The zero-order valence-corrected chi connectivity index (χ0v) is 10.5. The van der Waals surface area contributed by atoms with E-state index < -0.39 is 0 Å². The lowest BCUT2D eigenvalue weighted by molar-refractivity contribution is 0.0853. The van der Waals surface area contributed by atoms with Crippen molar-refractivity contribution >= 4 is 0 Å². The van der Waals surface area contributed by atoms with Crippen LogP contribution in [0.2, 0.25) is 0 Å². The molecule has 0 bridgehead atoms. The lowest BCUT2D eigenvalue weighted by Crippen LogP contribution is -2.02. The number of aliphatic hydroxyl groups excluding tert-OH is 1. The van der Waals surface area contributed by atoms with Crippen molar-refractivity contribution in [1.29, 1.82) is 0 Å². The number of rotatable bonds is 6. The lowest BCUT2D eigenvalue weighted by Gasteiger charge is -2.03. The zero-order chi connectivity index (χ0) is 11.4. The standard InChI is InChI=1S/C7H16O2.C5H12/c1-7(2)3-5-9-6-4-8;1-4-5(2)3/h7-8H,3-6H2,1-2H3;5H,4H2,1-3H3. The molecule has 0 rings (SSSR count). The van der Waals surface area contributed by atoms with Gasteiger partial charge in [-0.05, 0) is 18.3 Å². The number of ether oxygens (including phenoxy) is 1. The minimum atomic E-state index is 0.137. The van der Waals surface area contributed by atoms with Crippen LogP contribution < -0.4 is 0 Å². The Hall–Kier alpha value is -0.0800. The first-order chi connectivity index (χ1) is 6.54. The maximum atomic E-state index is 8.31. The summed E-state index contributed by atoms with van der Waals surface area (Å²) in [5, 5.41) is 8.31. The summed E-state index contributed by atoms with van der Waals surface area (Å²) in [5.41, 5.74) is 0. The molecule has 0 amide bonds. The molecular weight excluding hydrogens is 176 g/mol. The van der Waals surface area contributed by atoms with Crippen molar-refractivity contribution in [2.24, 2.45) is 11.8 Å². The van der Waals surface area contributed by atoms with E-state index in [-0.39, 0.29) is 6.61 Å². The van der Waals surface area contributed by atoms with Crippen molar-refractivity contribution < 1.29 is 9.84 Å². The van der Waals surface area contributed by atoms with Gasteiger partial charge in [-0.1, -0.05) is 41.0 Å². The van der Waals surface area contributed by atoms with Crippen LogP contribution in [-0.2, 0) is 4.74 Å². The van der Waals surface area contributed by atoms with E-state index in [1.54, 1.807) is 0 Å². The molecule has 0 atom stereocenters. The molecule has 14 heavy (non-hydrogen) atoms. The van der Waals surface area contributed by atoms with E-state index in [1.165, 1.54) is 6.42 Å². The van der Waals surface area contributed by atoms with Gasteiger partial charge < -0.3 is 9.84 Å². The predicted molar refractivity (Wildman–Crippen MR) is 62.5 cm³/mol. The van der Waals surface area contributed by atoms with Crippen molar-refractivity contribution in [3.8, 4) is 0 Å². The van der Waals surface area contributed by atoms with Crippen LogP contribution in [0, 0.1) is 11.8 Å². The Bertz CT molecular complexity index is 90.3. The van der Waals surface area contributed by atoms with Crippen molar-refractivity contribution in [1.82, 2.24) is 0 Å². The second-order valence-electron chi connectivity index (χ2n) is 4.32. The molecule has 0 saturated heterocycles. The number of hydrogen-bond acceptors (Lipinski definition) is 2. The van der Waals surface area contributed by atoms with E-state index in [2.05, 4.69) is 34.6 Å². The van der Waals surface area contributed by atoms with Gasteiger partial charge in [-0.25, -0.2) is 0 Å². The average Bonchev–Trinajstić information content (AvgIpc) is 2.13. The number of aliphatic hydroxyl groups is 1. The zero-order valence-electron chi connectivity index (χ0n) is 10.5. The van der Waals surface area contributed by atoms with Gasteiger partial charge in [0.25, 0.3) is 0 Å². The molecule has 1 N–H and O–H groups in total. The molecular formula is C12H28O2. The second kappa shape index (κ2) is 12.9. The summed E-state index contributed by atoms with van der Waals surface area (Å²) in [6, 6.07) is 0. The van der Waals surface area contributed by atoms with Crippen LogP contribution in [-0.4, -0.2) is 24.9 Å². The highest BCUT2D eigenvalue weighted by Crippen LogP contribution is 1.97. The minimum Gasteiger partial charge on any atom is -0.394 e. The maximum Gasteiger partial charge on any atom is 0.0697 e. The summed E-state index contributed by atoms with van der Waals surface area (Å²) in [5.74, 6) is 1.58. The van der Waals surface area contributed by atoms with Crippen LogP contribution in [0.1, 0.15) is 47.5 Å². The first-order valence-electron chi connectivity index (χ1n) is 5.73. The fraction of sp³-hybridized carbons (Fsp3) is 1.00. The Morgan fingerprint density at radius 3 is 1.79 bits per heavy atom. The summed E-state index contributed by atoms with van der Waals surface area (Å²) >= 11 is 0. The first-order valence-corrected chi connectivity index (χ1v) is 5.73. The van der Waals surface area contributed by atoms with Gasteiger partial charge in [0.2, 0.25) is 0 Å². The van der Waals surface area contributed by atoms with E-state index in [9.17, 15) is 0 Å². The molecule has 0 aromatic rings. The fourth-order valence-electron chi connectivity index (χ4n) is 0.486. The molecule has 0 aliphatic carbocycles. The third kappa shape index (κ3) is 22.7. The van der Waals surface area contributed by atoms with E-state index >= 15 is 0 Å². The van der Waals surface area contributed by atoms with Gasteiger partial charge in [0, 0.05) is 6.61 Å². The normalized spacial score (nSPS) is 10.3. The van der Waals surface area contributed by atoms with Crippen LogP contribution in [0.5, 0.6) is 0 Å². The maximum absolute atomic E-state index is 8.31. The van der Waals surface area contributed by atoms with Crippen LogP contribution >= 0.6 is 0 Å². The molecule has 88 valence electrons. The van der Waals surface area contributed by atoms with Gasteiger partial charge in [-0.15, -0.1) is 0 Å². The van der Waals surface area contributed by atoms with Crippen LogP contribution in [0.15, 0.2) is 0 Å². The summed E-state index contributed by atoms with van der Waals surface area (Å²) in [4.78, 5) is 0. The first kappa shape index (κ1) is 16.4. The summed E-state index contributed by atoms with van der Waals surface area (Å²) in [6.45, 7) is 12.3. The molecule has 0 radical (unpaired) electrons. The quantitative estimate of drug-likeness (QED) is 0.674. The topological polar surface area (TPSA) is 29.5 Å². The highest BCUT2D eigenvalue weighted by molar-refractivity contribution is 4.41. The van der Waals surface area contributed by atoms with Crippen LogP contribution in [0.25, 0.3) is 0 Å². The van der Waals surface area contributed by atoms with E-state index in [1.807, 2.05) is 0 Å². The highest BCUT2D eigenvalue weighted by atomic mass is 16.5. The molecule has 0 aliphatic heterocycles. The molecule has 0 spiro atoms. The highest BCUT2D eigenvalue weighted by Gasteiger charge is 1.91. The van der Waals surface area contributed by atoms with E-state index in [0.717, 1.165) is 18.9 Å². The van der Waals surface area contributed by atoms with Gasteiger partial charge in [-0.3, -0.25) is 0 Å². The van der Waals surface area contributed by atoms with E-state index in [0.29, 0.717) is 12.5 Å². The van der Waals surface area contributed by atoms with Crippen molar-refractivity contribution in [2.75, 3.05) is 19.8 Å². The Kier molecular flexibility index (Phi) is 15.1. The number of hydrogen-bond donors (Lipinski definition) is 1. The summed E-state index contributed by atoms with van der Waals surface area (Å²) in [7, 11) is 0. The van der Waals surface area contributed by atoms with Gasteiger partial charge in [-0.2, -0.15) is 0 Å². The Balaban J connectivity index is 0. The molecule has 0 aromatic heterocycles. The fourth-order valence-corrected chi connectivity index (χ4v) is 0.486. The second-order valence-corrected chi connectivity index (χ2v) is 4.32. The Morgan fingerprint density at radius 2 is 1.50 bits per heavy atom. The minimum absolute atomic E-state index is 0.137. The summed E-state index contributed by atoms with van der Waals surface area (Å²) in [6.07, 6.45) is 2.39. The molecule has 0 heterocycles. The lowest BCUT2D eigenvalue weighted by atomic mass is 10.1. The molecule has 2 nitrogen and oxygen atoms in total. The van der Waals surface area contributed by atoms with Crippen molar-refractivity contribution in [3.05, 3.63) is 0 Å². The predicted octanol–water partition coefficient (Wildman–Crippen LogP) is 3.09. The van der Waals surface area contributed by atoms with Gasteiger partial charge in [0.05, 0.1) is 13.2 Å². The van der Waals surface area contributed by atoms with Crippen molar-refractivity contribution in [3.63, 3.8) is 0 Å². The molecule has 0 fully saturated rings. The molecule has 0 aliphatic rings. The van der Waals surface area contributed by atoms with E-state index in [4.69, 9.17) is 9.84 Å². The van der Waals surface area contributed by atoms with Gasteiger partial charge in [0.15, 0.2) is 0 Å². The molecule has 0 unspecified atom stereocenters. The van der Waals surface area contributed by atoms with Crippen LogP contribution in [0.3, 0.4) is 0 Å². The molecule has 0 aromatic carbocycles. The Morgan fingerprint density at radius 1 is 1.00 bits per heavy atom. The molecule has 0 saturated carbocycles. The smallest absolute Gasteiger partial charge is 0.0697 e. The summed E-state index contributed by atoms with van der Waals surface area (Å²) < 4.78 is 5.04.